The average Bonchev–Trinajstić information content (AvgIpc) is 2.62. The van der Waals surface area contributed by atoms with Crippen molar-refractivity contribution in [2.75, 3.05) is 0 Å². The summed E-state index contributed by atoms with van der Waals surface area (Å²) in [4.78, 5) is 12.6. The quantitative estimate of drug-likeness (QED) is 0.756. The Hall–Kier alpha value is -2.13. The Morgan fingerprint density at radius 1 is 0.917 bits per heavy atom. The molecule has 0 radical (unpaired) electrons. The molecule has 0 aliphatic carbocycles. The maximum atomic E-state index is 12.6. The van der Waals surface area contributed by atoms with Gasteiger partial charge in [0.2, 0.25) is 5.91 Å². The minimum Gasteiger partial charge on any atom is -0.348 e. The van der Waals surface area contributed by atoms with Crippen LogP contribution in [0.25, 0.3) is 0 Å². The standard InChI is InChI=1S/C21H28N2O/c1-4-11-20(19-14-9-6-10-15-19)23-21(24)17(3)22-16(2)18-12-7-5-8-13-18/h5-10,12-17,20,22H,4,11H2,1-3H3,(H,23,24). The van der Waals surface area contributed by atoms with Gasteiger partial charge in [0, 0.05) is 6.04 Å². The molecule has 3 unspecified atom stereocenters. The molecule has 0 fully saturated rings. The molecule has 0 saturated carbocycles. The first-order chi connectivity index (χ1) is 11.6. The molecule has 128 valence electrons. The van der Waals surface area contributed by atoms with Crippen molar-refractivity contribution >= 4 is 5.91 Å². The van der Waals surface area contributed by atoms with Gasteiger partial charge in [0.25, 0.3) is 0 Å². The highest BCUT2D eigenvalue weighted by Gasteiger charge is 2.20. The van der Waals surface area contributed by atoms with Crippen molar-refractivity contribution in [2.24, 2.45) is 0 Å². The van der Waals surface area contributed by atoms with Crippen molar-refractivity contribution in [3.05, 3.63) is 71.8 Å². The van der Waals surface area contributed by atoms with Gasteiger partial charge >= 0.3 is 0 Å². The molecule has 2 aromatic rings. The van der Waals surface area contributed by atoms with Crippen molar-refractivity contribution in [3.63, 3.8) is 0 Å². The highest BCUT2D eigenvalue weighted by atomic mass is 16.2. The van der Waals surface area contributed by atoms with Gasteiger partial charge in [-0.15, -0.1) is 0 Å². The van der Waals surface area contributed by atoms with Crippen molar-refractivity contribution < 1.29 is 4.79 Å². The molecule has 2 aromatic carbocycles. The molecule has 0 bridgehead atoms. The molecule has 0 spiro atoms. The van der Waals surface area contributed by atoms with E-state index >= 15 is 0 Å². The molecule has 3 atom stereocenters. The summed E-state index contributed by atoms with van der Waals surface area (Å²) in [5.41, 5.74) is 2.35. The van der Waals surface area contributed by atoms with Gasteiger partial charge in [-0.05, 0) is 31.4 Å². The molecule has 2 N–H and O–H groups in total. The normalized spacial score (nSPS) is 14.6. The number of hydrogen-bond acceptors (Lipinski definition) is 2. The lowest BCUT2D eigenvalue weighted by Gasteiger charge is -2.24. The zero-order valence-corrected chi connectivity index (χ0v) is 14.8. The third-order valence-electron chi connectivity index (χ3n) is 4.29. The smallest absolute Gasteiger partial charge is 0.237 e. The Labute approximate surface area is 145 Å². The summed E-state index contributed by atoms with van der Waals surface area (Å²) >= 11 is 0. The van der Waals surface area contributed by atoms with Gasteiger partial charge in [-0.25, -0.2) is 0 Å². The lowest BCUT2D eigenvalue weighted by Crippen LogP contribution is -2.44. The summed E-state index contributed by atoms with van der Waals surface area (Å²) in [7, 11) is 0. The number of hydrogen-bond donors (Lipinski definition) is 2. The molecule has 0 aliphatic rings. The minimum atomic E-state index is -0.247. The summed E-state index contributed by atoms with van der Waals surface area (Å²) in [6.45, 7) is 6.14. The fraction of sp³-hybridized carbons (Fsp3) is 0.381. The fourth-order valence-corrected chi connectivity index (χ4v) is 2.88. The van der Waals surface area contributed by atoms with Crippen LogP contribution in [-0.4, -0.2) is 11.9 Å². The van der Waals surface area contributed by atoms with Gasteiger partial charge in [-0.2, -0.15) is 0 Å². The molecule has 3 heteroatoms. The van der Waals surface area contributed by atoms with Crippen LogP contribution in [0.15, 0.2) is 60.7 Å². The fourth-order valence-electron chi connectivity index (χ4n) is 2.88. The number of benzene rings is 2. The van der Waals surface area contributed by atoms with Crippen LogP contribution < -0.4 is 10.6 Å². The number of rotatable bonds is 8. The Morgan fingerprint density at radius 3 is 2.00 bits per heavy atom. The van der Waals surface area contributed by atoms with Gasteiger partial charge in [-0.3, -0.25) is 10.1 Å². The summed E-state index contributed by atoms with van der Waals surface area (Å²) < 4.78 is 0. The van der Waals surface area contributed by atoms with Gasteiger partial charge in [0.05, 0.1) is 12.1 Å². The van der Waals surface area contributed by atoms with Crippen LogP contribution in [0.3, 0.4) is 0 Å². The highest BCUT2D eigenvalue weighted by Crippen LogP contribution is 2.18. The Bertz CT molecular complexity index is 612. The molecule has 1 amide bonds. The molecular formula is C21H28N2O. The summed E-state index contributed by atoms with van der Waals surface area (Å²) in [5.74, 6) is 0.0417. The monoisotopic (exact) mass is 324 g/mol. The minimum absolute atomic E-state index is 0.0417. The van der Waals surface area contributed by atoms with E-state index in [4.69, 9.17) is 0 Å². The van der Waals surface area contributed by atoms with Crippen LogP contribution >= 0.6 is 0 Å². The van der Waals surface area contributed by atoms with E-state index in [2.05, 4.69) is 48.7 Å². The largest absolute Gasteiger partial charge is 0.348 e. The lowest BCUT2D eigenvalue weighted by atomic mass is 10.0. The van der Waals surface area contributed by atoms with Crippen molar-refractivity contribution in [2.45, 2.75) is 51.7 Å². The zero-order valence-electron chi connectivity index (χ0n) is 14.8. The second-order valence-corrected chi connectivity index (χ2v) is 6.28. The topological polar surface area (TPSA) is 41.1 Å². The Kier molecular flexibility index (Phi) is 7.01. The van der Waals surface area contributed by atoms with Crippen molar-refractivity contribution in [1.29, 1.82) is 0 Å². The van der Waals surface area contributed by atoms with E-state index in [-0.39, 0.29) is 24.0 Å². The molecule has 0 aromatic heterocycles. The first kappa shape index (κ1) is 18.2. The number of amides is 1. The Balaban J connectivity index is 1.96. The molecule has 2 rings (SSSR count). The lowest BCUT2D eigenvalue weighted by molar-refractivity contribution is -0.123. The predicted molar refractivity (Wildman–Crippen MR) is 99.7 cm³/mol. The van der Waals surface area contributed by atoms with E-state index in [9.17, 15) is 4.79 Å². The summed E-state index contributed by atoms with van der Waals surface area (Å²) in [6, 6.07) is 20.3. The first-order valence-corrected chi connectivity index (χ1v) is 8.78. The van der Waals surface area contributed by atoms with E-state index in [1.807, 2.05) is 43.3 Å². The summed E-state index contributed by atoms with van der Waals surface area (Å²) in [5, 5.41) is 6.57. The Morgan fingerprint density at radius 2 is 1.46 bits per heavy atom. The van der Waals surface area contributed by atoms with E-state index < -0.39 is 0 Å². The van der Waals surface area contributed by atoms with Gasteiger partial charge in [-0.1, -0.05) is 74.0 Å². The maximum absolute atomic E-state index is 12.6. The molecule has 0 aliphatic heterocycles. The third-order valence-corrected chi connectivity index (χ3v) is 4.29. The van der Waals surface area contributed by atoms with Crippen LogP contribution in [0.4, 0.5) is 0 Å². The second-order valence-electron chi connectivity index (χ2n) is 6.28. The van der Waals surface area contributed by atoms with Crippen LogP contribution in [0, 0.1) is 0 Å². The maximum Gasteiger partial charge on any atom is 0.237 e. The number of nitrogens with one attached hydrogen (secondary N) is 2. The average molecular weight is 324 g/mol. The second kappa shape index (κ2) is 9.24. The predicted octanol–water partition coefficient (Wildman–Crippen LogP) is 4.38. The third kappa shape index (κ3) is 5.20. The van der Waals surface area contributed by atoms with Crippen LogP contribution in [-0.2, 0) is 4.79 Å². The number of carbonyl (C=O) groups excluding carboxylic acids is 1. The summed E-state index contributed by atoms with van der Waals surface area (Å²) in [6.07, 6.45) is 1.97. The van der Waals surface area contributed by atoms with Crippen molar-refractivity contribution in [3.8, 4) is 0 Å². The van der Waals surface area contributed by atoms with E-state index in [0.29, 0.717) is 0 Å². The van der Waals surface area contributed by atoms with Crippen molar-refractivity contribution in [1.82, 2.24) is 10.6 Å². The molecule has 24 heavy (non-hydrogen) atoms. The van der Waals surface area contributed by atoms with Gasteiger partial charge < -0.3 is 5.32 Å². The molecular weight excluding hydrogens is 296 g/mol. The highest BCUT2D eigenvalue weighted by molar-refractivity contribution is 5.81. The van der Waals surface area contributed by atoms with Crippen LogP contribution in [0.1, 0.15) is 56.8 Å². The van der Waals surface area contributed by atoms with Gasteiger partial charge in [0.1, 0.15) is 0 Å². The van der Waals surface area contributed by atoms with Crippen LogP contribution in [0.2, 0.25) is 0 Å². The van der Waals surface area contributed by atoms with E-state index in [1.165, 1.54) is 5.56 Å². The first-order valence-electron chi connectivity index (χ1n) is 8.78. The van der Waals surface area contributed by atoms with Gasteiger partial charge in [0.15, 0.2) is 0 Å². The van der Waals surface area contributed by atoms with Crippen LogP contribution in [0.5, 0.6) is 0 Å². The molecule has 0 saturated heterocycles. The van der Waals surface area contributed by atoms with E-state index in [1.54, 1.807) is 0 Å². The zero-order chi connectivity index (χ0) is 17.4. The SMILES string of the molecule is CCCC(NC(=O)C(C)NC(C)c1ccccc1)c1ccccc1. The molecule has 3 nitrogen and oxygen atoms in total. The number of carbonyl (C=O) groups is 1. The van der Waals surface area contributed by atoms with E-state index in [0.717, 1.165) is 18.4 Å². The molecule has 0 heterocycles.